The highest BCUT2D eigenvalue weighted by Gasteiger charge is 2.10. The Bertz CT molecular complexity index is 589. The van der Waals surface area contributed by atoms with Crippen molar-refractivity contribution in [3.05, 3.63) is 43.7 Å². The first-order valence-electron chi connectivity index (χ1n) is 7.17. The zero-order valence-electron chi connectivity index (χ0n) is 12.8. The molecule has 0 amide bonds. The van der Waals surface area contributed by atoms with Crippen LogP contribution in [0.15, 0.2) is 34.6 Å². The van der Waals surface area contributed by atoms with Crippen LogP contribution in [0.1, 0.15) is 22.8 Å². The number of nitrogens with zero attached hydrogens (tertiary/aromatic N) is 1. The lowest BCUT2D eigenvalue weighted by Crippen LogP contribution is -2.38. The maximum atomic E-state index is 10.1. The van der Waals surface area contributed by atoms with E-state index in [0.717, 1.165) is 30.3 Å². The van der Waals surface area contributed by atoms with Crippen molar-refractivity contribution in [2.45, 2.75) is 19.4 Å². The first kappa shape index (κ1) is 20.7. The van der Waals surface area contributed by atoms with Crippen LogP contribution in [-0.2, 0) is 6.42 Å². The summed E-state index contributed by atoms with van der Waals surface area (Å²) in [4.78, 5) is 6.61. The minimum absolute atomic E-state index is 0. The van der Waals surface area contributed by atoms with E-state index in [-0.39, 0.29) is 24.0 Å². The maximum absolute atomic E-state index is 10.1. The largest absolute Gasteiger partial charge is 0.386 e. The van der Waals surface area contributed by atoms with Gasteiger partial charge in [0.15, 0.2) is 5.96 Å². The van der Waals surface area contributed by atoms with Gasteiger partial charge in [0.1, 0.15) is 6.10 Å². The number of hydrogen-bond donors (Lipinski definition) is 3. The highest BCUT2D eigenvalue weighted by molar-refractivity contribution is 14.0. The molecule has 0 bridgehead atoms. The molecule has 0 saturated heterocycles. The van der Waals surface area contributed by atoms with E-state index in [1.807, 2.05) is 13.0 Å². The van der Waals surface area contributed by atoms with Crippen LogP contribution in [0.5, 0.6) is 0 Å². The monoisotopic (exact) mass is 485 g/mol. The molecule has 0 radical (unpaired) electrons. The van der Waals surface area contributed by atoms with Crippen molar-refractivity contribution in [3.63, 3.8) is 0 Å². The fourth-order valence-corrected chi connectivity index (χ4v) is 3.62. The van der Waals surface area contributed by atoms with Gasteiger partial charge in [-0.2, -0.15) is 0 Å². The summed E-state index contributed by atoms with van der Waals surface area (Å²) >= 11 is 9.02. The molecule has 1 unspecified atom stereocenters. The highest BCUT2D eigenvalue weighted by atomic mass is 127. The molecular weight excluding hydrogens is 465 g/mol. The SMILES string of the molecule is CCNC(=NCC(O)c1ccc(Cl)s1)NCCc1cccs1.I. The average Bonchev–Trinajstić information content (AvgIpc) is 3.16. The van der Waals surface area contributed by atoms with E-state index >= 15 is 0 Å². The molecule has 0 fully saturated rings. The molecule has 23 heavy (non-hydrogen) atoms. The number of halogens is 2. The summed E-state index contributed by atoms with van der Waals surface area (Å²) in [7, 11) is 0. The normalized spacial score (nSPS) is 12.6. The number of guanidine groups is 1. The van der Waals surface area contributed by atoms with Crippen molar-refractivity contribution in [1.29, 1.82) is 0 Å². The molecule has 3 N–H and O–H groups in total. The first-order valence-corrected chi connectivity index (χ1v) is 9.24. The van der Waals surface area contributed by atoms with Gasteiger partial charge < -0.3 is 15.7 Å². The number of hydrogen-bond acceptors (Lipinski definition) is 4. The van der Waals surface area contributed by atoms with Gasteiger partial charge in [-0.25, -0.2) is 0 Å². The van der Waals surface area contributed by atoms with Crippen molar-refractivity contribution < 1.29 is 5.11 Å². The van der Waals surface area contributed by atoms with Crippen molar-refractivity contribution in [2.24, 2.45) is 4.99 Å². The van der Waals surface area contributed by atoms with Crippen molar-refractivity contribution in [3.8, 4) is 0 Å². The van der Waals surface area contributed by atoms with E-state index in [9.17, 15) is 5.11 Å². The first-order chi connectivity index (χ1) is 10.7. The van der Waals surface area contributed by atoms with Crippen LogP contribution in [0.2, 0.25) is 4.34 Å². The van der Waals surface area contributed by atoms with E-state index in [2.05, 4.69) is 33.1 Å². The molecule has 2 heterocycles. The van der Waals surface area contributed by atoms with Crippen molar-refractivity contribution in [1.82, 2.24) is 10.6 Å². The van der Waals surface area contributed by atoms with E-state index in [1.54, 1.807) is 17.4 Å². The Morgan fingerprint density at radius 1 is 1.35 bits per heavy atom. The van der Waals surface area contributed by atoms with Gasteiger partial charge in [-0.05, 0) is 36.9 Å². The molecule has 0 aliphatic carbocycles. The highest BCUT2D eigenvalue weighted by Crippen LogP contribution is 2.26. The summed E-state index contributed by atoms with van der Waals surface area (Å²) in [6, 6.07) is 7.81. The third-order valence-electron chi connectivity index (χ3n) is 2.93. The van der Waals surface area contributed by atoms with E-state index in [1.165, 1.54) is 16.2 Å². The number of thiophene rings is 2. The molecule has 0 aliphatic heterocycles. The number of nitrogens with one attached hydrogen (secondary N) is 2. The van der Waals surface area contributed by atoms with Crippen LogP contribution in [-0.4, -0.2) is 30.7 Å². The van der Waals surface area contributed by atoms with Crippen LogP contribution in [0.4, 0.5) is 0 Å². The summed E-state index contributed by atoms with van der Waals surface area (Å²) < 4.78 is 0.680. The van der Waals surface area contributed by atoms with Gasteiger partial charge in [0.2, 0.25) is 0 Å². The molecular formula is C15H21ClIN3OS2. The predicted octanol–water partition coefficient (Wildman–Crippen LogP) is 3.91. The third-order valence-corrected chi connectivity index (χ3v) is 5.20. The minimum atomic E-state index is -0.620. The molecule has 0 aromatic carbocycles. The molecule has 0 aliphatic rings. The number of aliphatic hydroxyl groups is 1. The Kier molecular flexibility index (Phi) is 10.1. The second-order valence-electron chi connectivity index (χ2n) is 4.63. The van der Waals surface area contributed by atoms with E-state index in [4.69, 9.17) is 11.6 Å². The van der Waals surface area contributed by atoms with Crippen LogP contribution >= 0.6 is 58.3 Å². The molecule has 1 atom stereocenters. The second-order valence-corrected chi connectivity index (χ2v) is 7.41. The van der Waals surface area contributed by atoms with Gasteiger partial charge in [0, 0.05) is 22.8 Å². The third kappa shape index (κ3) is 7.38. The van der Waals surface area contributed by atoms with Gasteiger partial charge in [-0.3, -0.25) is 4.99 Å². The zero-order valence-corrected chi connectivity index (χ0v) is 17.5. The lowest BCUT2D eigenvalue weighted by atomic mass is 10.3. The standard InChI is InChI=1S/C15H20ClN3OS2.HI/c1-2-17-15(18-8-7-11-4-3-9-21-11)19-10-12(20)13-5-6-14(16)22-13;/h3-6,9,12,20H,2,7-8,10H2,1H3,(H2,17,18,19);1H. The van der Waals surface area contributed by atoms with Gasteiger partial charge in [-0.1, -0.05) is 17.7 Å². The smallest absolute Gasteiger partial charge is 0.191 e. The lowest BCUT2D eigenvalue weighted by Gasteiger charge is -2.12. The number of rotatable bonds is 7. The molecule has 2 aromatic heterocycles. The quantitative estimate of drug-likeness (QED) is 0.317. The fourth-order valence-electron chi connectivity index (χ4n) is 1.88. The van der Waals surface area contributed by atoms with Crippen LogP contribution in [0, 0.1) is 0 Å². The Balaban J connectivity index is 0.00000264. The maximum Gasteiger partial charge on any atom is 0.191 e. The van der Waals surface area contributed by atoms with Crippen LogP contribution in [0.25, 0.3) is 0 Å². The molecule has 4 nitrogen and oxygen atoms in total. The number of aliphatic hydroxyl groups excluding tert-OH is 1. The Morgan fingerprint density at radius 2 is 2.17 bits per heavy atom. The molecule has 8 heteroatoms. The van der Waals surface area contributed by atoms with Crippen LogP contribution in [0.3, 0.4) is 0 Å². The Hall–Kier alpha value is -0.350. The van der Waals surface area contributed by atoms with E-state index in [0.29, 0.717) is 10.9 Å². The summed E-state index contributed by atoms with van der Waals surface area (Å²) in [5.74, 6) is 0.723. The summed E-state index contributed by atoms with van der Waals surface area (Å²) in [6.07, 6.45) is 0.343. The molecule has 2 rings (SSSR count). The van der Waals surface area contributed by atoms with Crippen LogP contribution < -0.4 is 10.6 Å². The molecule has 0 saturated carbocycles. The Labute approximate surface area is 167 Å². The predicted molar refractivity (Wildman–Crippen MR) is 112 cm³/mol. The fraction of sp³-hybridized carbons (Fsp3) is 0.400. The minimum Gasteiger partial charge on any atom is -0.386 e. The summed E-state index contributed by atoms with van der Waals surface area (Å²) in [6.45, 7) is 3.93. The van der Waals surface area contributed by atoms with Gasteiger partial charge in [0.25, 0.3) is 0 Å². The van der Waals surface area contributed by atoms with Gasteiger partial charge in [0.05, 0.1) is 10.9 Å². The summed E-state index contributed by atoms with van der Waals surface area (Å²) in [5.41, 5.74) is 0. The molecule has 0 spiro atoms. The van der Waals surface area contributed by atoms with Crippen molar-refractivity contribution >= 4 is 64.2 Å². The average molecular weight is 486 g/mol. The topological polar surface area (TPSA) is 56.7 Å². The lowest BCUT2D eigenvalue weighted by molar-refractivity contribution is 0.191. The molecule has 128 valence electrons. The van der Waals surface area contributed by atoms with Crippen molar-refractivity contribution in [2.75, 3.05) is 19.6 Å². The summed E-state index contributed by atoms with van der Waals surface area (Å²) in [5, 5.41) is 18.7. The number of aliphatic imine (C=N–C) groups is 1. The van der Waals surface area contributed by atoms with Gasteiger partial charge >= 0.3 is 0 Å². The Morgan fingerprint density at radius 3 is 2.78 bits per heavy atom. The van der Waals surface area contributed by atoms with Gasteiger partial charge in [-0.15, -0.1) is 46.7 Å². The molecule has 2 aromatic rings. The zero-order chi connectivity index (χ0) is 15.8. The van der Waals surface area contributed by atoms with E-state index < -0.39 is 6.10 Å². The second kappa shape index (κ2) is 11.2.